The van der Waals surface area contributed by atoms with Crippen LogP contribution in [0.4, 0.5) is 10.1 Å². The second-order valence-corrected chi connectivity index (χ2v) is 7.66. The van der Waals surface area contributed by atoms with Crippen molar-refractivity contribution in [1.82, 2.24) is 5.32 Å². The fraction of sp³-hybridized carbons (Fsp3) is 0.167. The van der Waals surface area contributed by atoms with E-state index in [2.05, 4.69) is 11.9 Å². The third-order valence-corrected chi connectivity index (χ3v) is 5.84. The zero-order valence-corrected chi connectivity index (χ0v) is 15.8. The zero-order chi connectivity index (χ0) is 20.0. The van der Waals surface area contributed by atoms with Gasteiger partial charge in [0.25, 0.3) is 15.9 Å². The molecule has 2 aromatic rings. The summed E-state index contributed by atoms with van der Waals surface area (Å²) in [4.78, 5) is 11.8. The number of hydrogen-bond donors (Lipinski definition) is 2. The van der Waals surface area contributed by atoms with E-state index in [-0.39, 0.29) is 40.9 Å². The van der Waals surface area contributed by atoms with E-state index in [0.29, 0.717) is 0 Å². The van der Waals surface area contributed by atoms with Crippen molar-refractivity contribution in [3.8, 4) is 0 Å². The number of sulfonamides is 1. The molecule has 1 amide bonds. The van der Waals surface area contributed by atoms with Crippen molar-refractivity contribution in [2.24, 2.45) is 0 Å². The minimum atomic E-state index is -4.16. The van der Waals surface area contributed by atoms with Gasteiger partial charge >= 0.3 is 0 Å². The fourth-order valence-electron chi connectivity index (χ4n) is 2.30. The summed E-state index contributed by atoms with van der Waals surface area (Å²) in [6.45, 7) is 3.26. The molecular weight excluding hydrogens is 395 g/mol. The number of rotatable bonds is 8. The summed E-state index contributed by atoms with van der Waals surface area (Å²) >= 11 is 6.08. The van der Waals surface area contributed by atoms with Gasteiger partial charge in [0, 0.05) is 12.1 Å². The summed E-state index contributed by atoms with van der Waals surface area (Å²) in [5.41, 5.74) is 0.298. The summed E-state index contributed by atoms with van der Waals surface area (Å²) < 4.78 is 40.5. The number of aliphatic hydroxyl groups is 1. The lowest BCUT2D eigenvalue weighted by Crippen LogP contribution is -2.32. The minimum absolute atomic E-state index is 0.0295. The number of nitrogens with one attached hydrogen (secondary N) is 1. The van der Waals surface area contributed by atoms with Crippen molar-refractivity contribution in [3.05, 3.63) is 71.5 Å². The Kier molecular flexibility index (Phi) is 6.95. The summed E-state index contributed by atoms with van der Waals surface area (Å²) in [6.07, 6.45) is 1.38. The number of carbonyl (C=O) groups excluding carboxylic acids is 1. The van der Waals surface area contributed by atoms with Crippen LogP contribution in [0.5, 0.6) is 0 Å². The summed E-state index contributed by atoms with van der Waals surface area (Å²) in [7, 11) is -4.16. The standard InChI is InChI=1S/C18H18ClFN2O4S/c1-2-10-22(15-6-4-14(20)5-7-15)27(25,26)17-12-13(3-8-16(17)19)18(24)21-9-11-23/h2-8,12,23H,1,9-11H2,(H,21,24). The highest BCUT2D eigenvalue weighted by Crippen LogP contribution is 2.29. The maximum absolute atomic E-state index is 13.2. The van der Waals surface area contributed by atoms with Crippen molar-refractivity contribution >= 4 is 33.2 Å². The van der Waals surface area contributed by atoms with Crippen molar-refractivity contribution < 1.29 is 22.7 Å². The molecule has 0 spiro atoms. The monoisotopic (exact) mass is 412 g/mol. The number of aliphatic hydroxyl groups excluding tert-OH is 1. The van der Waals surface area contributed by atoms with Crippen LogP contribution in [0.2, 0.25) is 5.02 Å². The molecule has 2 N–H and O–H groups in total. The summed E-state index contributed by atoms with van der Waals surface area (Å²) in [5, 5.41) is 11.2. The van der Waals surface area contributed by atoms with Crippen molar-refractivity contribution in [2.45, 2.75) is 4.90 Å². The van der Waals surface area contributed by atoms with Crippen LogP contribution in [0, 0.1) is 5.82 Å². The van der Waals surface area contributed by atoms with Gasteiger partial charge in [-0.3, -0.25) is 9.10 Å². The van der Waals surface area contributed by atoms with E-state index in [4.69, 9.17) is 16.7 Å². The van der Waals surface area contributed by atoms with Gasteiger partial charge in [0.05, 0.1) is 23.9 Å². The van der Waals surface area contributed by atoms with Crippen LogP contribution in [0.15, 0.2) is 60.0 Å². The predicted octanol–water partition coefficient (Wildman–Crippen LogP) is 2.58. The molecule has 0 fully saturated rings. The largest absolute Gasteiger partial charge is 0.395 e. The van der Waals surface area contributed by atoms with E-state index in [9.17, 15) is 17.6 Å². The molecule has 9 heteroatoms. The van der Waals surface area contributed by atoms with Gasteiger partial charge in [-0.2, -0.15) is 0 Å². The Balaban J connectivity index is 2.50. The molecular formula is C18H18ClFN2O4S. The first-order valence-electron chi connectivity index (χ1n) is 7.89. The molecule has 0 saturated heterocycles. The maximum atomic E-state index is 13.2. The van der Waals surface area contributed by atoms with Crippen molar-refractivity contribution in [3.63, 3.8) is 0 Å². The molecule has 0 unspecified atom stereocenters. The molecule has 0 bridgehead atoms. The Hall–Kier alpha value is -2.42. The molecule has 27 heavy (non-hydrogen) atoms. The number of hydrogen-bond acceptors (Lipinski definition) is 4. The third-order valence-electron chi connectivity index (χ3n) is 3.57. The molecule has 0 radical (unpaired) electrons. The molecule has 144 valence electrons. The predicted molar refractivity (Wildman–Crippen MR) is 102 cm³/mol. The lowest BCUT2D eigenvalue weighted by Gasteiger charge is -2.24. The number of benzene rings is 2. The van der Waals surface area contributed by atoms with Gasteiger partial charge in [0.1, 0.15) is 10.7 Å². The van der Waals surface area contributed by atoms with Crippen LogP contribution < -0.4 is 9.62 Å². The van der Waals surface area contributed by atoms with Gasteiger partial charge in [-0.25, -0.2) is 12.8 Å². The molecule has 6 nitrogen and oxygen atoms in total. The minimum Gasteiger partial charge on any atom is -0.395 e. The van der Waals surface area contributed by atoms with Crippen molar-refractivity contribution in [1.29, 1.82) is 0 Å². The Bertz CT molecular complexity index is 933. The van der Waals surface area contributed by atoms with Crippen LogP contribution in [-0.4, -0.2) is 39.1 Å². The molecule has 0 atom stereocenters. The number of carbonyl (C=O) groups is 1. The first-order chi connectivity index (χ1) is 12.8. The Morgan fingerprint density at radius 3 is 2.52 bits per heavy atom. The molecule has 2 aromatic carbocycles. The summed E-state index contributed by atoms with van der Waals surface area (Å²) in [5.74, 6) is -1.05. The van der Waals surface area contributed by atoms with Crippen LogP contribution in [0.1, 0.15) is 10.4 Å². The van der Waals surface area contributed by atoms with Gasteiger partial charge in [-0.15, -0.1) is 6.58 Å². The smallest absolute Gasteiger partial charge is 0.266 e. The molecule has 0 saturated carbocycles. The lowest BCUT2D eigenvalue weighted by molar-refractivity contribution is 0.0944. The normalized spacial score (nSPS) is 11.1. The molecule has 0 aliphatic carbocycles. The highest BCUT2D eigenvalue weighted by Gasteiger charge is 2.27. The average Bonchev–Trinajstić information content (AvgIpc) is 2.65. The quantitative estimate of drug-likeness (QED) is 0.652. The molecule has 0 aliphatic heterocycles. The van der Waals surface area contributed by atoms with Crippen LogP contribution in [0.25, 0.3) is 0 Å². The average molecular weight is 413 g/mol. The zero-order valence-electron chi connectivity index (χ0n) is 14.2. The highest BCUT2D eigenvalue weighted by atomic mass is 35.5. The molecule has 0 heterocycles. The Morgan fingerprint density at radius 2 is 1.93 bits per heavy atom. The fourth-order valence-corrected chi connectivity index (χ4v) is 4.24. The van der Waals surface area contributed by atoms with E-state index in [1.54, 1.807) is 0 Å². The number of amides is 1. The SMILES string of the molecule is C=CCN(c1ccc(F)cc1)S(=O)(=O)c1cc(C(=O)NCCO)ccc1Cl. The second-order valence-electron chi connectivity index (χ2n) is 5.43. The van der Waals surface area contributed by atoms with Crippen LogP contribution in [-0.2, 0) is 10.0 Å². The van der Waals surface area contributed by atoms with Crippen molar-refractivity contribution in [2.75, 3.05) is 24.0 Å². The van der Waals surface area contributed by atoms with E-state index in [1.165, 1.54) is 30.3 Å². The van der Waals surface area contributed by atoms with Gasteiger partial charge in [-0.05, 0) is 42.5 Å². The number of halogens is 2. The van der Waals surface area contributed by atoms with E-state index in [1.807, 2.05) is 0 Å². The van der Waals surface area contributed by atoms with E-state index < -0.39 is 21.7 Å². The number of anilines is 1. The van der Waals surface area contributed by atoms with E-state index in [0.717, 1.165) is 22.5 Å². The first kappa shape index (κ1) is 20.9. The van der Waals surface area contributed by atoms with Crippen LogP contribution in [0.3, 0.4) is 0 Å². The molecule has 0 aromatic heterocycles. The number of nitrogens with zero attached hydrogens (tertiary/aromatic N) is 1. The third kappa shape index (κ3) is 4.85. The Morgan fingerprint density at radius 1 is 1.26 bits per heavy atom. The Labute approximate surface area is 161 Å². The first-order valence-corrected chi connectivity index (χ1v) is 9.71. The maximum Gasteiger partial charge on any atom is 0.266 e. The van der Waals surface area contributed by atoms with Gasteiger partial charge < -0.3 is 10.4 Å². The highest BCUT2D eigenvalue weighted by molar-refractivity contribution is 7.93. The van der Waals surface area contributed by atoms with Gasteiger partial charge in [0.2, 0.25) is 0 Å². The molecule has 0 aliphatic rings. The van der Waals surface area contributed by atoms with Crippen LogP contribution >= 0.6 is 11.6 Å². The lowest BCUT2D eigenvalue weighted by atomic mass is 10.2. The summed E-state index contributed by atoms with van der Waals surface area (Å²) in [6, 6.07) is 8.76. The second kappa shape index (κ2) is 8.98. The molecule has 2 rings (SSSR count). The van der Waals surface area contributed by atoms with Gasteiger partial charge in [-0.1, -0.05) is 17.7 Å². The van der Waals surface area contributed by atoms with Gasteiger partial charge in [0.15, 0.2) is 0 Å². The topological polar surface area (TPSA) is 86.7 Å². The van der Waals surface area contributed by atoms with E-state index >= 15 is 0 Å².